The van der Waals surface area contributed by atoms with Crippen LogP contribution in [0.3, 0.4) is 0 Å². The summed E-state index contributed by atoms with van der Waals surface area (Å²) >= 11 is 1.67. The molecule has 1 N–H and O–H groups in total. The summed E-state index contributed by atoms with van der Waals surface area (Å²) in [7, 11) is 1.71. The zero-order valence-electron chi connectivity index (χ0n) is 20.6. The number of aromatic nitrogens is 1. The van der Waals surface area contributed by atoms with Gasteiger partial charge in [0.2, 0.25) is 0 Å². The highest BCUT2D eigenvalue weighted by Crippen LogP contribution is 2.68. The fraction of sp³-hybridized carbons (Fsp3) is 0.786. The molecule has 0 saturated heterocycles. The van der Waals surface area contributed by atoms with E-state index < -0.39 is 5.60 Å². The lowest BCUT2D eigenvalue weighted by atomic mass is 9.44. The lowest BCUT2D eigenvalue weighted by molar-refractivity contribution is -0.163. The maximum atomic E-state index is 13.4. The van der Waals surface area contributed by atoms with Crippen LogP contribution in [-0.2, 0) is 9.53 Å². The minimum atomic E-state index is -0.633. The molecule has 2 unspecified atom stereocenters. The molecular formula is C28H41NO3S. The van der Waals surface area contributed by atoms with Crippen molar-refractivity contribution in [2.75, 3.05) is 19.5 Å². The number of Topliss-reactive ketones (excluding diaryl/α,β-unsaturated/α-hetero) is 1. The molecule has 8 atom stereocenters. The minimum absolute atomic E-state index is 0.172. The third-order valence-electron chi connectivity index (χ3n) is 10.7. The number of thioether (sulfide) groups is 1. The van der Waals surface area contributed by atoms with E-state index in [0.717, 1.165) is 42.4 Å². The van der Waals surface area contributed by atoms with Crippen molar-refractivity contribution in [3.63, 3.8) is 0 Å². The Morgan fingerprint density at radius 3 is 2.58 bits per heavy atom. The van der Waals surface area contributed by atoms with E-state index in [1.54, 1.807) is 31.3 Å². The third-order valence-corrected chi connectivity index (χ3v) is 11.7. The molecule has 0 amide bonds. The van der Waals surface area contributed by atoms with Gasteiger partial charge in [0.15, 0.2) is 0 Å². The predicted molar refractivity (Wildman–Crippen MR) is 132 cm³/mol. The summed E-state index contributed by atoms with van der Waals surface area (Å²) in [6.45, 7) is 5.45. The summed E-state index contributed by atoms with van der Waals surface area (Å²) in [4.78, 5) is 18.6. The zero-order chi connectivity index (χ0) is 23.3. The SMILES string of the molecule is COCC1(O)CC[C@@]2(C)C(CC[C@H]3[C@@H]4CC[C@H](C(=O)CSc5ccncc5)[C@@]4(C)CC[C@@H]32)C1. The van der Waals surface area contributed by atoms with Crippen LogP contribution < -0.4 is 0 Å². The van der Waals surface area contributed by atoms with Crippen molar-refractivity contribution in [2.24, 2.45) is 40.4 Å². The Morgan fingerprint density at radius 2 is 1.82 bits per heavy atom. The molecule has 182 valence electrons. The molecule has 0 spiro atoms. The molecule has 5 rings (SSSR count). The van der Waals surface area contributed by atoms with E-state index in [4.69, 9.17) is 4.74 Å². The number of pyridine rings is 1. The van der Waals surface area contributed by atoms with Gasteiger partial charge >= 0.3 is 0 Å². The first-order valence-electron chi connectivity index (χ1n) is 13.1. The van der Waals surface area contributed by atoms with E-state index in [1.807, 2.05) is 12.1 Å². The van der Waals surface area contributed by atoms with Gasteiger partial charge in [-0.3, -0.25) is 9.78 Å². The van der Waals surface area contributed by atoms with Gasteiger partial charge in [0, 0.05) is 30.3 Å². The van der Waals surface area contributed by atoms with Gasteiger partial charge in [-0.2, -0.15) is 0 Å². The van der Waals surface area contributed by atoms with Crippen LogP contribution in [0, 0.1) is 40.4 Å². The van der Waals surface area contributed by atoms with Crippen LogP contribution in [0.15, 0.2) is 29.4 Å². The maximum absolute atomic E-state index is 13.4. The first kappa shape index (κ1) is 23.8. The summed E-state index contributed by atoms with van der Waals surface area (Å²) in [5.41, 5.74) is -0.123. The molecule has 5 heteroatoms. The van der Waals surface area contributed by atoms with Crippen LogP contribution in [0.5, 0.6) is 0 Å². The lowest BCUT2D eigenvalue weighted by Gasteiger charge is -2.62. The van der Waals surface area contributed by atoms with E-state index in [2.05, 4.69) is 18.8 Å². The average Bonchev–Trinajstić information content (AvgIpc) is 3.16. The summed E-state index contributed by atoms with van der Waals surface area (Å²) in [6.07, 6.45) is 13.8. The summed E-state index contributed by atoms with van der Waals surface area (Å²) in [6, 6.07) is 4.00. The van der Waals surface area contributed by atoms with E-state index in [-0.39, 0.29) is 11.3 Å². The molecule has 4 aliphatic rings. The number of hydrogen-bond donors (Lipinski definition) is 1. The number of ketones is 1. The van der Waals surface area contributed by atoms with Crippen molar-refractivity contribution in [3.8, 4) is 0 Å². The van der Waals surface area contributed by atoms with E-state index >= 15 is 0 Å². The smallest absolute Gasteiger partial charge is 0.146 e. The largest absolute Gasteiger partial charge is 0.387 e. The van der Waals surface area contributed by atoms with Crippen LogP contribution in [0.1, 0.15) is 71.6 Å². The highest BCUT2D eigenvalue weighted by Gasteiger charge is 2.62. The Kier molecular flexibility index (Phi) is 6.46. The number of fused-ring (bicyclic) bond motifs is 5. The highest BCUT2D eigenvalue weighted by atomic mass is 32.2. The molecule has 0 aromatic carbocycles. The molecule has 1 aromatic rings. The number of nitrogens with zero attached hydrogens (tertiary/aromatic N) is 1. The fourth-order valence-corrected chi connectivity index (χ4v) is 9.76. The first-order chi connectivity index (χ1) is 15.8. The molecule has 0 radical (unpaired) electrons. The molecule has 0 aliphatic heterocycles. The normalized spacial score (nSPS) is 44.5. The highest BCUT2D eigenvalue weighted by molar-refractivity contribution is 8.00. The van der Waals surface area contributed by atoms with Crippen LogP contribution in [0.2, 0.25) is 0 Å². The van der Waals surface area contributed by atoms with E-state index in [9.17, 15) is 9.90 Å². The van der Waals surface area contributed by atoms with Gasteiger partial charge < -0.3 is 9.84 Å². The molecule has 4 nitrogen and oxygen atoms in total. The van der Waals surface area contributed by atoms with Crippen molar-refractivity contribution in [3.05, 3.63) is 24.5 Å². The quantitative estimate of drug-likeness (QED) is 0.533. The first-order valence-corrected chi connectivity index (χ1v) is 14.0. The number of carbonyl (C=O) groups is 1. The second-order valence-corrected chi connectivity index (χ2v) is 13.2. The van der Waals surface area contributed by atoms with E-state index in [1.165, 1.54) is 32.1 Å². The van der Waals surface area contributed by atoms with Crippen molar-refractivity contribution >= 4 is 17.5 Å². The van der Waals surface area contributed by atoms with Crippen LogP contribution in [0.4, 0.5) is 0 Å². The Bertz CT molecular complexity index is 864. The topological polar surface area (TPSA) is 59.4 Å². The minimum Gasteiger partial charge on any atom is -0.387 e. The average molecular weight is 472 g/mol. The second kappa shape index (κ2) is 8.95. The zero-order valence-corrected chi connectivity index (χ0v) is 21.4. The van der Waals surface area contributed by atoms with Crippen molar-refractivity contribution in [1.82, 2.24) is 4.98 Å². The predicted octanol–water partition coefficient (Wildman–Crippen LogP) is 5.78. The Labute approximate surface area is 203 Å². The van der Waals surface area contributed by atoms with Gasteiger partial charge in [-0.25, -0.2) is 0 Å². The van der Waals surface area contributed by atoms with Crippen LogP contribution >= 0.6 is 11.8 Å². The van der Waals surface area contributed by atoms with Gasteiger partial charge in [-0.05, 0) is 104 Å². The van der Waals surface area contributed by atoms with Gasteiger partial charge in [-0.1, -0.05) is 13.8 Å². The van der Waals surface area contributed by atoms with Gasteiger partial charge in [0.1, 0.15) is 5.78 Å². The Morgan fingerprint density at radius 1 is 1.06 bits per heavy atom. The standard InChI is InChI=1S/C28H41NO3S/c1-26-12-13-28(31,18-32-3)16-19(26)4-5-21-22-6-7-24(27(22,2)11-8-23(21)26)25(30)17-33-20-9-14-29-15-10-20/h9-10,14-15,19,21-24,31H,4-8,11-13,16-18H2,1-3H3/t19?,21-,22-,23-,24+,26-,27-,28?/m0/s1. The third kappa shape index (κ3) is 4.10. The molecule has 0 bridgehead atoms. The van der Waals surface area contributed by atoms with E-state index in [0.29, 0.717) is 35.4 Å². The summed E-state index contributed by atoms with van der Waals surface area (Å²) < 4.78 is 5.37. The molecule has 4 fully saturated rings. The van der Waals surface area contributed by atoms with Gasteiger partial charge in [0.05, 0.1) is 18.0 Å². The van der Waals surface area contributed by atoms with Crippen molar-refractivity contribution in [2.45, 2.75) is 82.1 Å². The number of carbonyl (C=O) groups excluding carboxylic acids is 1. The molecule has 4 aliphatic carbocycles. The molecular weight excluding hydrogens is 430 g/mol. The molecule has 1 heterocycles. The van der Waals surface area contributed by atoms with Gasteiger partial charge in [-0.15, -0.1) is 11.8 Å². The Balaban J connectivity index is 1.28. The second-order valence-electron chi connectivity index (χ2n) is 12.1. The molecule has 1 aromatic heterocycles. The molecule has 4 saturated carbocycles. The van der Waals surface area contributed by atoms with Crippen molar-refractivity contribution in [1.29, 1.82) is 0 Å². The number of rotatable bonds is 6. The molecule has 33 heavy (non-hydrogen) atoms. The van der Waals surface area contributed by atoms with Crippen LogP contribution in [0.25, 0.3) is 0 Å². The maximum Gasteiger partial charge on any atom is 0.146 e. The fourth-order valence-electron chi connectivity index (χ4n) is 8.94. The van der Waals surface area contributed by atoms with Crippen LogP contribution in [-0.4, -0.2) is 40.9 Å². The number of methoxy groups -OCH3 is 1. The van der Waals surface area contributed by atoms with Gasteiger partial charge in [0.25, 0.3) is 0 Å². The number of ether oxygens (including phenoxy) is 1. The summed E-state index contributed by atoms with van der Waals surface area (Å²) in [5, 5.41) is 11.1. The number of hydrogen-bond acceptors (Lipinski definition) is 5. The number of aliphatic hydroxyl groups is 1. The summed E-state index contributed by atoms with van der Waals surface area (Å²) in [5.74, 6) is 4.07. The lowest BCUT2D eigenvalue weighted by Crippen LogP contribution is -2.56. The van der Waals surface area contributed by atoms with Crippen molar-refractivity contribution < 1.29 is 14.6 Å². The Hall–Kier alpha value is -0.910. The monoisotopic (exact) mass is 471 g/mol.